The van der Waals surface area contributed by atoms with Gasteiger partial charge in [-0.05, 0) is 32.4 Å². The van der Waals surface area contributed by atoms with E-state index in [-0.39, 0.29) is 11.9 Å². The van der Waals surface area contributed by atoms with Crippen molar-refractivity contribution in [2.75, 3.05) is 18.4 Å². The maximum atomic E-state index is 12.4. The van der Waals surface area contributed by atoms with Gasteiger partial charge < -0.3 is 14.7 Å². The number of hydrogen-bond donors (Lipinski definition) is 1. The summed E-state index contributed by atoms with van der Waals surface area (Å²) in [5, 5.41) is 11.7. The van der Waals surface area contributed by atoms with Crippen molar-refractivity contribution in [1.82, 2.24) is 24.7 Å². The number of likely N-dealkylation sites (tertiary alicyclic amines) is 1. The number of anilines is 1. The first kappa shape index (κ1) is 14.7. The number of aromatic nitrogens is 4. The highest BCUT2D eigenvalue weighted by Crippen LogP contribution is 2.17. The van der Waals surface area contributed by atoms with Gasteiger partial charge in [-0.1, -0.05) is 5.16 Å². The summed E-state index contributed by atoms with van der Waals surface area (Å²) < 4.78 is 6.74. The van der Waals surface area contributed by atoms with Gasteiger partial charge in [-0.3, -0.25) is 4.79 Å². The van der Waals surface area contributed by atoms with Crippen LogP contribution in [0.5, 0.6) is 0 Å². The normalized spacial score (nSPS) is 17.6. The summed E-state index contributed by atoms with van der Waals surface area (Å²) in [6, 6.07) is 5.67. The van der Waals surface area contributed by atoms with Crippen LogP contribution in [0.25, 0.3) is 5.65 Å². The van der Waals surface area contributed by atoms with Gasteiger partial charge in [0.1, 0.15) is 11.6 Å². The van der Waals surface area contributed by atoms with Crippen LogP contribution >= 0.6 is 0 Å². The molecule has 0 spiro atoms. The lowest BCUT2D eigenvalue weighted by molar-refractivity contribution is 0.0781. The van der Waals surface area contributed by atoms with Crippen molar-refractivity contribution < 1.29 is 9.32 Å². The average molecular weight is 326 g/mol. The fourth-order valence-corrected chi connectivity index (χ4v) is 2.98. The van der Waals surface area contributed by atoms with Crippen LogP contribution in [0.4, 0.5) is 5.82 Å². The van der Waals surface area contributed by atoms with Crippen molar-refractivity contribution in [3.8, 4) is 0 Å². The minimum atomic E-state index is -0.0928. The van der Waals surface area contributed by atoms with Crippen LogP contribution in [0.15, 0.2) is 28.9 Å². The third-order valence-corrected chi connectivity index (χ3v) is 4.12. The van der Waals surface area contributed by atoms with Crippen LogP contribution in [0.1, 0.15) is 28.4 Å². The quantitative estimate of drug-likeness (QED) is 0.787. The number of nitrogens with zero attached hydrogens (tertiary/aromatic N) is 5. The Labute approximate surface area is 138 Å². The number of fused-ring (bicyclic) bond motifs is 1. The van der Waals surface area contributed by atoms with Crippen molar-refractivity contribution in [1.29, 1.82) is 0 Å². The summed E-state index contributed by atoms with van der Waals surface area (Å²) in [5.74, 6) is 1.32. The second kappa shape index (κ2) is 5.63. The Morgan fingerprint density at radius 2 is 2.25 bits per heavy atom. The number of hydrogen-bond acceptors (Lipinski definition) is 6. The summed E-state index contributed by atoms with van der Waals surface area (Å²) in [4.78, 5) is 18.5. The molecule has 8 heteroatoms. The first-order valence-corrected chi connectivity index (χ1v) is 7.90. The van der Waals surface area contributed by atoms with Crippen LogP contribution in [0, 0.1) is 13.8 Å². The van der Waals surface area contributed by atoms with Gasteiger partial charge in [-0.15, -0.1) is 5.10 Å². The highest BCUT2D eigenvalue weighted by molar-refractivity contribution is 5.92. The molecule has 24 heavy (non-hydrogen) atoms. The maximum absolute atomic E-state index is 12.4. The molecule has 0 radical (unpaired) electrons. The Morgan fingerprint density at radius 3 is 3.04 bits per heavy atom. The van der Waals surface area contributed by atoms with E-state index in [1.165, 1.54) is 0 Å². The van der Waals surface area contributed by atoms with Crippen molar-refractivity contribution in [3.05, 3.63) is 41.5 Å². The van der Waals surface area contributed by atoms with E-state index in [0.29, 0.717) is 24.5 Å². The van der Waals surface area contributed by atoms with Crippen molar-refractivity contribution in [2.45, 2.75) is 26.3 Å². The summed E-state index contributed by atoms with van der Waals surface area (Å²) >= 11 is 0. The molecule has 4 heterocycles. The average Bonchev–Trinajstić information content (AvgIpc) is 3.25. The van der Waals surface area contributed by atoms with Gasteiger partial charge in [0.2, 0.25) is 0 Å². The lowest BCUT2D eigenvalue weighted by Crippen LogP contribution is -2.32. The number of amides is 1. The first-order chi connectivity index (χ1) is 11.6. The molecule has 1 amide bonds. The molecule has 1 atom stereocenters. The van der Waals surface area contributed by atoms with E-state index in [2.05, 4.69) is 20.6 Å². The van der Waals surface area contributed by atoms with Gasteiger partial charge >= 0.3 is 0 Å². The molecule has 0 bridgehead atoms. The van der Waals surface area contributed by atoms with Gasteiger partial charge in [0.25, 0.3) is 5.91 Å². The number of carbonyl (C=O) groups excluding carboxylic acids is 1. The van der Waals surface area contributed by atoms with Gasteiger partial charge in [0.15, 0.2) is 11.3 Å². The molecule has 1 fully saturated rings. The van der Waals surface area contributed by atoms with Crippen molar-refractivity contribution in [3.63, 3.8) is 0 Å². The molecule has 1 aliphatic rings. The Hall–Kier alpha value is -2.90. The Kier molecular flexibility index (Phi) is 3.44. The van der Waals surface area contributed by atoms with Crippen LogP contribution in [-0.2, 0) is 0 Å². The number of carbonyl (C=O) groups is 1. The molecule has 1 saturated heterocycles. The van der Waals surface area contributed by atoms with Crippen LogP contribution in [-0.4, -0.2) is 49.7 Å². The molecule has 4 rings (SSSR count). The minimum absolute atomic E-state index is 0.0928. The Bertz CT molecular complexity index is 899. The third kappa shape index (κ3) is 2.70. The highest BCUT2D eigenvalue weighted by atomic mass is 16.5. The van der Waals surface area contributed by atoms with Crippen LogP contribution < -0.4 is 5.32 Å². The zero-order valence-electron chi connectivity index (χ0n) is 13.6. The lowest BCUT2D eigenvalue weighted by atomic mass is 10.2. The van der Waals surface area contributed by atoms with E-state index in [1.54, 1.807) is 22.4 Å². The van der Waals surface area contributed by atoms with Crippen LogP contribution in [0.2, 0.25) is 0 Å². The predicted molar refractivity (Wildman–Crippen MR) is 86.9 cm³/mol. The number of imidazole rings is 1. The topological polar surface area (TPSA) is 88.6 Å². The van der Waals surface area contributed by atoms with E-state index in [4.69, 9.17) is 4.52 Å². The molecule has 3 aromatic rings. The zero-order chi connectivity index (χ0) is 16.7. The highest BCUT2D eigenvalue weighted by Gasteiger charge is 2.28. The Morgan fingerprint density at radius 1 is 1.38 bits per heavy atom. The fraction of sp³-hybridized carbons (Fsp3) is 0.375. The van der Waals surface area contributed by atoms with Gasteiger partial charge in [0.05, 0.1) is 11.9 Å². The van der Waals surface area contributed by atoms with Crippen molar-refractivity contribution >= 4 is 17.4 Å². The molecular weight excluding hydrogens is 308 g/mol. The van der Waals surface area contributed by atoms with Gasteiger partial charge in [-0.25, -0.2) is 9.50 Å². The summed E-state index contributed by atoms with van der Waals surface area (Å²) in [6.45, 7) is 5.02. The standard InChI is InChI=1S/C16H18N6O2/c1-10-8-22-15(17-10)4-3-14(19-22)18-12-5-6-21(9-12)16(23)13-7-11(2)24-20-13/h3-4,7-8,12H,5-6,9H2,1-2H3,(H,18,19). The SMILES string of the molecule is Cc1cn2nc(NC3CCN(C(=O)c4cc(C)on4)C3)ccc2n1. The van der Waals surface area contributed by atoms with Gasteiger partial charge in [-0.2, -0.15) is 0 Å². The molecule has 8 nitrogen and oxygen atoms in total. The van der Waals surface area contributed by atoms with Crippen LogP contribution in [0.3, 0.4) is 0 Å². The first-order valence-electron chi connectivity index (χ1n) is 7.90. The molecule has 1 N–H and O–H groups in total. The zero-order valence-corrected chi connectivity index (χ0v) is 13.6. The van der Waals surface area contributed by atoms with Crippen molar-refractivity contribution in [2.24, 2.45) is 0 Å². The van der Waals surface area contributed by atoms with E-state index in [1.807, 2.05) is 25.3 Å². The fourth-order valence-electron chi connectivity index (χ4n) is 2.98. The number of rotatable bonds is 3. The van der Waals surface area contributed by atoms with E-state index in [0.717, 1.165) is 23.6 Å². The summed E-state index contributed by atoms with van der Waals surface area (Å²) in [5.41, 5.74) is 2.12. The smallest absolute Gasteiger partial charge is 0.276 e. The lowest BCUT2D eigenvalue weighted by Gasteiger charge is -2.16. The number of aryl methyl sites for hydroxylation is 2. The van der Waals surface area contributed by atoms with E-state index in [9.17, 15) is 4.79 Å². The predicted octanol–water partition coefficient (Wildman–Crippen LogP) is 1.66. The molecule has 3 aromatic heterocycles. The maximum Gasteiger partial charge on any atom is 0.276 e. The van der Waals surface area contributed by atoms with E-state index >= 15 is 0 Å². The molecule has 1 unspecified atom stereocenters. The molecule has 124 valence electrons. The molecule has 0 aromatic carbocycles. The molecule has 0 aliphatic carbocycles. The molecular formula is C16H18N6O2. The monoisotopic (exact) mass is 326 g/mol. The minimum Gasteiger partial charge on any atom is -0.364 e. The second-order valence-electron chi connectivity index (χ2n) is 6.11. The molecule has 1 aliphatic heterocycles. The summed E-state index contributed by atoms with van der Waals surface area (Å²) in [7, 11) is 0. The largest absolute Gasteiger partial charge is 0.364 e. The third-order valence-electron chi connectivity index (χ3n) is 4.12. The Balaban J connectivity index is 1.43. The second-order valence-corrected chi connectivity index (χ2v) is 6.11. The van der Waals surface area contributed by atoms with Gasteiger partial charge in [0, 0.05) is 25.2 Å². The molecule has 0 saturated carbocycles. The summed E-state index contributed by atoms with van der Waals surface area (Å²) in [6.07, 6.45) is 2.75. The number of nitrogens with one attached hydrogen (secondary N) is 1. The van der Waals surface area contributed by atoms with E-state index < -0.39 is 0 Å².